The van der Waals surface area contributed by atoms with Gasteiger partial charge in [-0.25, -0.2) is 0 Å². The van der Waals surface area contributed by atoms with E-state index in [4.69, 9.17) is 0 Å². The molecular weight excluding hydrogens is 360 g/mol. The van der Waals surface area contributed by atoms with Gasteiger partial charge in [-0.05, 0) is 67.6 Å². The first kappa shape index (κ1) is 13.6. The molecule has 2 heterocycles. The highest BCUT2D eigenvalue weighted by Crippen LogP contribution is 2.27. The normalized spacial score (nSPS) is 10.8. The van der Waals surface area contributed by atoms with Crippen molar-refractivity contribution >= 4 is 39.0 Å². The number of rotatable bonds is 4. The van der Waals surface area contributed by atoms with Crippen LogP contribution in [0.15, 0.2) is 44.7 Å². The van der Waals surface area contributed by atoms with Crippen LogP contribution >= 0.6 is 39.0 Å². The third kappa shape index (κ3) is 3.02. The van der Waals surface area contributed by atoms with Gasteiger partial charge in [0.25, 0.3) is 0 Å². The lowest BCUT2D eigenvalue weighted by Crippen LogP contribution is -1.98. The molecule has 0 aliphatic carbocycles. The molecule has 0 amide bonds. The number of thioether (sulfide) groups is 1. The highest BCUT2D eigenvalue weighted by molar-refractivity contribution is 9.11. The molecule has 0 aliphatic rings. The van der Waals surface area contributed by atoms with Crippen LogP contribution in [0.4, 0.5) is 0 Å². The summed E-state index contributed by atoms with van der Waals surface area (Å²) in [4.78, 5) is 0. The van der Waals surface area contributed by atoms with E-state index in [-0.39, 0.29) is 5.75 Å². The Balaban J connectivity index is 1.78. The Bertz CT molecular complexity index is 710. The molecule has 0 spiro atoms. The van der Waals surface area contributed by atoms with Gasteiger partial charge >= 0.3 is 0 Å². The first-order valence-corrected chi connectivity index (χ1v) is 8.32. The van der Waals surface area contributed by atoms with Crippen molar-refractivity contribution in [2.24, 2.45) is 0 Å². The monoisotopic (exact) mass is 368 g/mol. The topological polar surface area (TPSA) is 63.8 Å². The van der Waals surface area contributed by atoms with Crippen LogP contribution in [-0.2, 0) is 5.75 Å². The van der Waals surface area contributed by atoms with Crippen LogP contribution in [0.3, 0.4) is 0 Å². The number of phenols is 1. The summed E-state index contributed by atoms with van der Waals surface area (Å²) in [5.74, 6) is 1.03. The molecule has 0 unspecified atom stereocenters. The third-order valence-electron chi connectivity index (χ3n) is 2.52. The summed E-state index contributed by atoms with van der Waals surface area (Å²) in [6, 6.07) is 8.86. The molecular formula is C12H9BrN4OS2. The number of halogens is 1. The van der Waals surface area contributed by atoms with Crippen molar-refractivity contribution in [1.29, 1.82) is 0 Å². The average molecular weight is 369 g/mol. The lowest BCUT2D eigenvalue weighted by atomic mass is 10.3. The number of aromatic hydroxyl groups is 1. The Morgan fingerprint density at radius 2 is 2.10 bits per heavy atom. The number of tetrazole rings is 1. The van der Waals surface area contributed by atoms with Crippen LogP contribution in [0, 0.1) is 0 Å². The van der Waals surface area contributed by atoms with E-state index in [9.17, 15) is 5.11 Å². The fraction of sp³-hybridized carbons (Fsp3) is 0.0833. The summed E-state index contributed by atoms with van der Waals surface area (Å²) in [5.41, 5.74) is 2.05. The van der Waals surface area contributed by atoms with Crippen molar-refractivity contribution in [1.82, 2.24) is 20.2 Å². The van der Waals surface area contributed by atoms with Crippen LogP contribution in [0.1, 0.15) is 5.56 Å². The minimum absolute atomic E-state index is 0.221. The number of nitrogens with zero attached hydrogens (tertiary/aromatic N) is 4. The Morgan fingerprint density at radius 1 is 1.30 bits per heavy atom. The maximum atomic E-state index is 9.31. The van der Waals surface area contributed by atoms with E-state index in [1.54, 1.807) is 52.0 Å². The van der Waals surface area contributed by atoms with E-state index < -0.39 is 0 Å². The van der Waals surface area contributed by atoms with Crippen LogP contribution in [0.5, 0.6) is 5.75 Å². The van der Waals surface area contributed by atoms with Crippen molar-refractivity contribution in [3.63, 3.8) is 0 Å². The van der Waals surface area contributed by atoms with Gasteiger partial charge in [-0.15, -0.1) is 16.4 Å². The van der Waals surface area contributed by atoms with Gasteiger partial charge in [0, 0.05) is 5.75 Å². The maximum Gasteiger partial charge on any atom is 0.214 e. The van der Waals surface area contributed by atoms with Gasteiger partial charge in [0.1, 0.15) is 5.75 Å². The van der Waals surface area contributed by atoms with Crippen LogP contribution in [0.2, 0.25) is 0 Å². The van der Waals surface area contributed by atoms with Gasteiger partial charge in [-0.1, -0.05) is 11.8 Å². The van der Waals surface area contributed by atoms with Crippen molar-refractivity contribution in [2.75, 3.05) is 0 Å². The average Bonchev–Trinajstić information content (AvgIpc) is 3.06. The molecule has 5 nitrogen and oxygen atoms in total. The standard InChI is InChI=1S/C12H9BrN4OS2/c13-11-5-8(6-19-11)7-20-12-14-15-16-17(12)9-1-3-10(18)4-2-9/h1-6,18H,7H2. The van der Waals surface area contributed by atoms with Crippen LogP contribution < -0.4 is 0 Å². The lowest BCUT2D eigenvalue weighted by molar-refractivity contribution is 0.475. The first-order chi connectivity index (χ1) is 9.72. The van der Waals surface area contributed by atoms with Gasteiger partial charge in [-0.3, -0.25) is 0 Å². The summed E-state index contributed by atoms with van der Waals surface area (Å²) in [7, 11) is 0. The largest absolute Gasteiger partial charge is 0.508 e. The first-order valence-electron chi connectivity index (χ1n) is 5.66. The minimum atomic E-state index is 0.221. The molecule has 1 N–H and O–H groups in total. The van der Waals surface area contributed by atoms with Crippen molar-refractivity contribution in [3.8, 4) is 11.4 Å². The zero-order valence-corrected chi connectivity index (χ0v) is 13.3. The number of thiophene rings is 1. The predicted octanol–water partition coefficient (Wildman–Crippen LogP) is 3.48. The van der Waals surface area contributed by atoms with Gasteiger partial charge in [-0.2, -0.15) is 4.68 Å². The van der Waals surface area contributed by atoms with Crippen LogP contribution in [-0.4, -0.2) is 25.3 Å². The zero-order chi connectivity index (χ0) is 13.9. The van der Waals surface area contributed by atoms with Crippen LogP contribution in [0.25, 0.3) is 5.69 Å². The smallest absolute Gasteiger partial charge is 0.214 e. The summed E-state index contributed by atoms with van der Waals surface area (Å²) >= 11 is 6.68. The quantitative estimate of drug-likeness (QED) is 0.714. The number of aromatic nitrogens is 4. The van der Waals surface area contributed by atoms with E-state index in [1.165, 1.54) is 5.56 Å². The number of phenolic OH excluding ortho intramolecular Hbond substituents is 1. The van der Waals surface area contributed by atoms with E-state index >= 15 is 0 Å². The Labute approximate surface area is 131 Å². The molecule has 102 valence electrons. The van der Waals surface area contributed by atoms with E-state index in [0.717, 1.165) is 20.4 Å². The van der Waals surface area contributed by atoms with Gasteiger partial charge in [0.15, 0.2) is 0 Å². The second-order valence-corrected chi connectivity index (χ2v) is 7.17. The number of benzene rings is 1. The molecule has 0 radical (unpaired) electrons. The molecule has 2 aromatic heterocycles. The summed E-state index contributed by atoms with van der Waals surface area (Å²) in [5, 5.41) is 23.9. The third-order valence-corrected chi connectivity index (χ3v) is 5.07. The summed E-state index contributed by atoms with van der Waals surface area (Å²) in [6.07, 6.45) is 0. The molecule has 0 saturated heterocycles. The maximum absolute atomic E-state index is 9.31. The number of hydrogen-bond acceptors (Lipinski definition) is 6. The molecule has 8 heteroatoms. The molecule has 20 heavy (non-hydrogen) atoms. The molecule has 3 rings (SSSR count). The highest BCUT2D eigenvalue weighted by Gasteiger charge is 2.09. The van der Waals surface area contributed by atoms with E-state index in [1.807, 2.05) is 0 Å². The number of hydrogen-bond donors (Lipinski definition) is 1. The summed E-state index contributed by atoms with van der Waals surface area (Å²) in [6.45, 7) is 0. The molecule has 0 aliphatic heterocycles. The Morgan fingerprint density at radius 3 is 2.80 bits per heavy atom. The predicted molar refractivity (Wildman–Crippen MR) is 82.4 cm³/mol. The van der Waals surface area contributed by atoms with E-state index in [0.29, 0.717) is 0 Å². The van der Waals surface area contributed by atoms with Crippen molar-refractivity contribution in [2.45, 2.75) is 10.9 Å². The van der Waals surface area contributed by atoms with E-state index in [2.05, 4.69) is 42.9 Å². The molecule has 0 fully saturated rings. The summed E-state index contributed by atoms with van der Waals surface area (Å²) < 4.78 is 2.78. The molecule has 1 aromatic carbocycles. The minimum Gasteiger partial charge on any atom is -0.508 e. The van der Waals surface area contributed by atoms with Crippen molar-refractivity contribution < 1.29 is 5.11 Å². The van der Waals surface area contributed by atoms with Gasteiger partial charge < -0.3 is 5.11 Å². The fourth-order valence-electron chi connectivity index (χ4n) is 1.59. The Kier molecular flexibility index (Phi) is 4.04. The molecule has 0 atom stereocenters. The highest BCUT2D eigenvalue weighted by atomic mass is 79.9. The van der Waals surface area contributed by atoms with Gasteiger partial charge in [0.05, 0.1) is 9.47 Å². The second kappa shape index (κ2) is 5.94. The van der Waals surface area contributed by atoms with Gasteiger partial charge in [0.2, 0.25) is 5.16 Å². The molecule has 0 saturated carbocycles. The Hall–Kier alpha value is -1.38. The fourth-order valence-corrected chi connectivity index (χ4v) is 3.73. The molecule has 0 bridgehead atoms. The SMILES string of the molecule is Oc1ccc(-n2nnnc2SCc2csc(Br)c2)cc1. The lowest BCUT2D eigenvalue weighted by Gasteiger charge is -2.03. The van der Waals surface area contributed by atoms with Crippen molar-refractivity contribution in [3.05, 3.63) is 45.1 Å². The molecule has 3 aromatic rings. The second-order valence-electron chi connectivity index (χ2n) is 3.94. The zero-order valence-electron chi connectivity index (χ0n) is 10.1.